The van der Waals surface area contributed by atoms with E-state index in [0.717, 1.165) is 47.9 Å². The number of rotatable bonds is 5. The third-order valence-corrected chi connectivity index (χ3v) is 5.48. The highest BCUT2D eigenvalue weighted by Gasteiger charge is 2.21. The number of piperazine rings is 1. The maximum atomic E-state index is 12.4. The third-order valence-electron chi connectivity index (χ3n) is 4.46. The van der Waals surface area contributed by atoms with E-state index in [1.165, 1.54) is 5.56 Å². The molecular formula is C18H22BrClN4O. The van der Waals surface area contributed by atoms with Crippen molar-refractivity contribution in [1.82, 2.24) is 19.6 Å². The molecule has 3 rings (SSSR count). The minimum atomic E-state index is 0.201. The van der Waals surface area contributed by atoms with Crippen LogP contribution in [0.15, 0.2) is 34.9 Å². The fourth-order valence-corrected chi connectivity index (χ4v) is 3.55. The Morgan fingerprint density at radius 2 is 2.04 bits per heavy atom. The van der Waals surface area contributed by atoms with Gasteiger partial charge in [-0.25, -0.2) is 0 Å². The molecule has 0 radical (unpaired) electrons. The summed E-state index contributed by atoms with van der Waals surface area (Å²) in [5, 5.41) is 5.14. The third kappa shape index (κ3) is 5.06. The van der Waals surface area contributed by atoms with Crippen LogP contribution in [0.4, 0.5) is 0 Å². The molecule has 0 aliphatic carbocycles. The zero-order chi connectivity index (χ0) is 17.8. The number of carbonyl (C=O) groups excluding carboxylic acids is 1. The van der Waals surface area contributed by atoms with Gasteiger partial charge in [-0.2, -0.15) is 5.10 Å². The first kappa shape index (κ1) is 18.4. The SMILES string of the molecule is Cc1nn(CCC(=O)N2CCN(Cc3cccc(Cl)c3)CC2)cc1Br. The van der Waals surface area contributed by atoms with Crippen LogP contribution in [0, 0.1) is 6.92 Å². The van der Waals surface area contributed by atoms with Crippen molar-refractivity contribution in [2.24, 2.45) is 0 Å². The van der Waals surface area contributed by atoms with E-state index in [2.05, 4.69) is 32.0 Å². The van der Waals surface area contributed by atoms with E-state index in [-0.39, 0.29) is 5.91 Å². The Morgan fingerprint density at radius 3 is 2.68 bits per heavy atom. The lowest BCUT2D eigenvalue weighted by molar-refractivity contribution is -0.133. The van der Waals surface area contributed by atoms with E-state index >= 15 is 0 Å². The zero-order valence-electron chi connectivity index (χ0n) is 14.3. The van der Waals surface area contributed by atoms with Crippen LogP contribution in [0.1, 0.15) is 17.7 Å². The van der Waals surface area contributed by atoms with Gasteiger partial charge in [0.2, 0.25) is 5.91 Å². The van der Waals surface area contributed by atoms with Gasteiger partial charge >= 0.3 is 0 Å². The maximum Gasteiger partial charge on any atom is 0.224 e. The van der Waals surface area contributed by atoms with Crippen LogP contribution in [0.3, 0.4) is 0 Å². The van der Waals surface area contributed by atoms with E-state index in [0.29, 0.717) is 13.0 Å². The number of aryl methyl sites for hydroxylation is 2. The molecule has 5 nitrogen and oxygen atoms in total. The van der Waals surface area contributed by atoms with E-state index in [4.69, 9.17) is 11.6 Å². The van der Waals surface area contributed by atoms with Gasteiger partial charge in [0.25, 0.3) is 0 Å². The number of benzene rings is 1. The van der Waals surface area contributed by atoms with Crippen molar-refractivity contribution in [3.63, 3.8) is 0 Å². The van der Waals surface area contributed by atoms with E-state index in [9.17, 15) is 4.79 Å². The quantitative estimate of drug-likeness (QED) is 0.738. The molecule has 25 heavy (non-hydrogen) atoms. The van der Waals surface area contributed by atoms with E-state index < -0.39 is 0 Å². The number of nitrogens with zero attached hydrogens (tertiary/aromatic N) is 4. The fourth-order valence-electron chi connectivity index (χ4n) is 3.03. The summed E-state index contributed by atoms with van der Waals surface area (Å²) in [6.07, 6.45) is 2.41. The highest BCUT2D eigenvalue weighted by molar-refractivity contribution is 9.10. The molecule has 0 bridgehead atoms. The second kappa shape index (κ2) is 8.34. The van der Waals surface area contributed by atoms with Crippen LogP contribution in [-0.4, -0.2) is 51.7 Å². The second-order valence-electron chi connectivity index (χ2n) is 6.36. The summed E-state index contributed by atoms with van der Waals surface area (Å²) in [5.41, 5.74) is 2.16. The number of carbonyl (C=O) groups is 1. The van der Waals surface area contributed by atoms with Crippen LogP contribution < -0.4 is 0 Å². The lowest BCUT2D eigenvalue weighted by Gasteiger charge is -2.34. The van der Waals surface area contributed by atoms with Crippen molar-refractivity contribution in [2.75, 3.05) is 26.2 Å². The predicted molar refractivity (Wildman–Crippen MR) is 103 cm³/mol. The molecule has 1 amide bonds. The van der Waals surface area contributed by atoms with Gasteiger partial charge < -0.3 is 4.90 Å². The Hall–Kier alpha value is -1.37. The molecule has 0 atom stereocenters. The van der Waals surface area contributed by atoms with Gasteiger partial charge in [0, 0.05) is 56.9 Å². The predicted octanol–water partition coefficient (Wildman–Crippen LogP) is 3.34. The number of amides is 1. The molecule has 1 fully saturated rings. The molecule has 1 aromatic heterocycles. The van der Waals surface area contributed by atoms with Gasteiger partial charge in [-0.15, -0.1) is 0 Å². The standard InChI is InChI=1S/C18H22BrClN4O/c1-14-17(19)13-24(21-14)6-5-18(25)23-9-7-22(8-10-23)12-15-3-2-4-16(20)11-15/h2-4,11,13H,5-10,12H2,1H3. The van der Waals surface area contributed by atoms with Crippen molar-refractivity contribution in [1.29, 1.82) is 0 Å². The number of hydrogen-bond acceptors (Lipinski definition) is 3. The van der Waals surface area contributed by atoms with Gasteiger partial charge in [0.1, 0.15) is 0 Å². The molecule has 1 aromatic carbocycles. The monoisotopic (exact) mass is 424 g/mol. The van der Waals surface area contributed by atoms with Gasteiger partial charge in [0.05, 0.1) is 10.2 Å². The van der Waals surface area contributed by atoms with Crippen molar-refractivity contribution >= 4 is 33.4 Å². The summed E-state index contributed by atoms with van der Waals surface area (Å²) < 4.78 is 2.81. The van der Waals surface area contributed by atoms with Crippen molar-refractivity contribution in [3.8, 4) is 0 Å². The summed E-state index contributed by atoms with van der Waals surface area (Å²) in [4.78, 5) is 16.7. The second-order valence-corrected chi connectivity index (χ2v) is 7.65. The highest BCUT2D eigenvalue weighted by Crippen LogP contribution is 2.15. The first-order valence-corrected chi connectivity index (χ1v) is 9.62. The summed E-state index contributed by atoms with van der Waals surface area (Å²) in [5.74, 6) is 0.201. The number of hydrogen-bond donors (Lipinski definition) is 0. The molecule has 2 aromatic rings. The molecule has 0 unspecified atom stereocenters. The molecule has 7 heteroatoms. The van der Waals surface area contributed by atoms with Crippen LogP contribution >= 0.6 is 27.5 Å². The normalized spacial score (nSPS) is 15.6. The molecule has 1 saturated heterocycles. The van der Waals surface area contributed by atoms with Crippen LogP contribution in [-0.2, 0) is 17.9 Å². The van der Waals surface area contributed by atoms with E-state index in [1.807, 2.05) is 40.9 Å². The lowest BCUT2D eigenvalue weighted by Crippen LogP contribution is -2.48. The molecule has 1 aliphatic rings. The summed E-state index contributed by atoms with van der Waals surface area (Å²) >= 11 is 9.49. The zero-order valence-corrected chi connectivity index (χ0v) is 16.6. The number of aromatic nitrogens is 2. The highest BCUT2D eigenvalue weighted by atomic mass is 79.9. The van der Waals surface area contributed by atoms with Crippen LogP contribution in [0.5, 0.6) is 0 Å². The van der Waals surface area contributed by atoms with Crippen molar-refractivity contribution in [3.05, 3.63) is 51.2 Å². The Labute approximate surface area is 161 Å². The van der Waals surface area contributed by atoms with Gasteiger partial charge in [-0.3, -0.25) is 14.4 Å². The topological polar surface area (TPSA) is 41.4 Å². The molecule has 134 valence electrons. The van der Waals surface area contributed by atoms with Crippen LogP contribution in [0.25, 0.3) is 0 Å². The molecule has 0 spiro atoms. The Kier molecular flexibility index (Phi) is 6.15. The lowest BCUT2D eigenvalue weighted by atomic mass is 10.2. The average molecular weight is 426 g/mol. The Balaban J connectivity index is 1.44. The summed E-state index contributed by atoms with van der Waals surface area (Å²) in [6, 6.07) is 7.96. The van der Waals surface area contributed by atoms with Crippen molar-refractivity contribution < 1.29 is 4.79 Å². The van der Waals surface area contributed by atoms with Gasteiger partial charge in [-0.1, -0.05) is 23.7 Å². The largest absolute Gasteiger partial charge is 0.340 e. The average Bonchev–Trinajstić information content (AvgIpc) is 2.91. The molecular weight excluding hydrogens is 404 g/mol. The smallest absolute Gasteiger partial charge is 0.224 e. The summed E-state index contributed by atoms with van der Waals surface area (Å²) in [7, 11) is 0. The van der Waals surface area contributed by atoms with Gasteiger partial charge in [0.15, 0.2) is 0 Å². The molecule has 0 N–H and O–H groups in total. The molecule has 1 aliphatic heterocycles. The first-order valence-electron chi connectivity index (χ1n) is 8.45. The summed E-state index contributed by atoms with van der Waals surface area (Å²) in [6.45, 7) is 6.79. The Bertz CT molecular complexity index is 721. The van der Waals surface area contributed by atoms with Crippen LogP contribution in [0.2, 0.25) is 5.02 Å². The van der Waals surface area contributed by atoms with E-state index in [1.54, 1.807) is 0 Å². The minimum Gasteiger partial charge on any atom is -0.340 e. The fraction of sp³-hybridized carbons (Fsp3) is 0.444. The Morgan fingerprint density at radius 1 is 1.28 bits per heavy atom. The molecule has 2 heterocycles. The first-order chi connectivity index (χ1) is 12.0. The number of halogens is 2. The minimum absolute atomic E-state index is 0.201. The van der Waals surface area contributed by atoms with Crippen molar-refractivity contribution in [2.45, 2.75) is 26.4 Å². The van der Waals surface area contributed by atoms with Gasteiger partial charge in [-0.05, 0) is 40.5 Å². The maximum absolute atomic E-state index is 12.4. The molecule has 0 saturated carbocycles.